The van der Waals surface area contributed by atoms with Crippen molar-refractivity contribution in [3.63, 3.8) is 0 Å². The molecular weight excluding hydrogens is 346 g/mol. The van der Waals surface area contributed by atoms with Crippen LogP contribution in [-0.2, 0) is 16.2 Å². The molecule has 0 aliphatic carbocycles. The second kappa shape index (κ2) is 3.91. The van der Waals surface area contributed by atoms with Crippen molar-refractivity contribution < 1.29 is 21.6 Å². The zero-order chi connectivity index (χ0) is 11.9. The Kier molecular flexibility index (Phi) is 3.31. The number of rotatable bonds is 1. The molecule has 1 aromatic rings. The van der Waals surface area contributed by atoms with Crippen molar-refractivity contribution in [2.24, 2.45) is 5.14 Å². The highest BCUT2D eigenvalue weighted by molar-refractivity contribution is 14.1. The number of hydrogen-bond donors (Lipinski definition) is 1. The van der Waals surface area contributed by atoms with Crippen molar-refractivity contribution in [2.75, 3.05) is 0 Å². The van der Waals surface area contributed by atoms with Gasteiger partial charge in [-0.2, -0.15) is 13.2 Å². The largest absolute Gasteiger partial charge is 0.418 e. The van der Waals surface area contributed by atoms with Crippen LogP contribution in [0.4, 0.5) is 13.2 Å². The summed E-state index contributed by atoms with van der Waals surface area (Å²) in [6.45, 7) is 0. The Hall–Kier alpha value is -0.350. The highest BCUT2D eigenvalue weighted by Gasteiger charge is 2.38. The molecular formula is C7H5F3INO2S. The first-order valence-corrected chi connectivity index (χ1v) is 6.15. The summed E-state index contributed by atoms with van der Waals surface area (Å²) < 4.78 is 59.2. The minimum atomic E-state index is -4.74. The summed E-state index contributed by atoms with van der Waals surface area (Å²) in [5, 5.41) is 4.69. The first-order chi connectivity index (χ1) is 6.64. The summed E-state index contributed by atoms with van der Waals surface area (Å²) in [4.78, 5) is -0.901. The van der Waals surface area contributed by atoms with E-state index in [1.165, 1.54) is 28.7 Å². The number of alkyl halides is 3. The predicted molar refractivity (Wildman–Crippen MR) is 55.5 cm³/mol. The number of primary sulfonamides is 1. The fourth-order valence-corrected chi connectivity index (χ4v) is 2.78. The lowest BCUT2D eigenvalue weighted by atomic mass is 10.2. The zero-order valence-electron chi connectivity index (χ0n) is 7.05. The van der Waals surface area contributed by atoms with Gasteiger partial charge >= 0.3 is 6.18 Å². The molecule has 0 amide bonds. The van der Waals surface area contributed by atoms with Crippen molar-refractivity contribution in [3.05, 3.63) is 27.3 Å². The topological polar surface area (TPSA) is 60.2 Å². The lowest BCUT2D eigenvalue weighted by molar-refractivity contribution is -0.140. The Bertz CT molecular complexity index is 483. The normalized spacial score (nSPS) is 12.9. The molecule has 8 heteroatoms. The maximum atomic E-state index is 12.5. The van der Waals surface area contributed by atoms with Gasteiger partial charge in [-0.1, -0.05) is 6.07 Å². The SMILES string of the molecule is NS(=O)(=O)c1cccc(I)c1C(F)(F)F. The molecule has 0 heterocycles. The first-order valence-electron chi connectivity index (χ1n) is 3.52. The third kappa shape index (κ3) is 2.82. The van der Waals surface area contributed by atoms with E-state index in [4.69, 9.17) is 5.14 Å². The van der Waals surface area contributed by atoms with Crippen molar-refractivity contribution in [1.82, 2.24) is 0 Å². The molecule has 1 aromatic carbocycles. The van der Waals surface area contributed by atoms with Crippen LogP contribution in [0.3, 0.4) is 0 Å². The second-order valence-corrected chi connectivity index (χ2v) is 5.35. The van der Waals surface area contributed by atoms with Crippen LogP contribution in [0.25, 0.3) is 0 Å². The average molecular weight is 351 g/mol. The Labute approximate surface area is 97.7 Å². The number of benzene rings is 1. The van der Waals surface area contributed by atoms with Crippen LogP contribution >= 0.6 is 22.6 Å². The summed E-state index contributed by atoms with van der Waals surface area (Å²) in [5.74, 6) is 0. The van der Waals surface area contributed by atoms with E-state index in [-0.39, 0.29) is 3.57 Å². The molecule has 0 atom stereocenters. The summed E-state index contributed by atoms with van der Waals surface area (Å²) in [6, 6.07) is 3.20. The summed E-state index contributed by atoms with van der Waals surface area (Å²) in [7, 11) is -4.36. The smallest absolute Gasteiger partial charge is 0.225 e. The molecule has 84 valence electrons. The second-order valence-electron chi connectivity index (χ2n) is 2.66. The summed E-state index contributed by atoms with van der Waals surface area (Å²) in [6.07, 6.45) is -4.74. The molecule has 0 saturated heterocycles. The lowest BCUT2D eigenvalue weighted by Crippen LogP contribution is -2.20. The van der Waals surface area contributed by atoms with Crippen LogP contribution < -0.4 is 5.14 Å². The number of nitrogens with two attached hydrogens (primary N) is 1. The molecule has 3 nitrogen and oxygen atoms in total. The molecule has 0 radical (unpaired) electrons. The molecule has 0 aliphatic heterocycles. The van der Waals surface area contributed by atoms with Crippen molar-refractivity contribution in [2.45, 2.75) is 11.1 Å². The van der Waals surface area contributed by atoms with Gasteiger partial charge in [0.1, 0.15) is 0 Å². The van der Waals surface area contributed by atoms with Crippen LogP contribution in [0.1, 0.15) is 5.56 Å². The highest BCUT2D eigenvalue weighted by Crippen LogP contribution is 2.36. The van der Waals surface area contributed by atoms with Gasteiger partial charge in [-0.25, -0.2) is 13.6 Å². The molecule has 0 spiro atoms. The summed E-state index contributed by atoms with van der Waals surface area (Å²) >= 11 is 1.41. The van der Waals surface area contributed by atoms with E-state index in [2.05, 4.69) is 0 Å². The minimum Gasteiger partial charge on any atom is -0.225 e. The quantitative estimate of drug-likeness (QED) is 0.787. The van der Waals surface area contributed by atoms with Gasteiger partial charge in [0, 0.05) is 3.57 Å². The molecule has 0 aliphatic rings. The van der Waals surface area contributed by atoms with E-state index in [0.29, 0.717) is 0 Å². The van der Waals surface area contributed by atoms with Gasteiger partial charge in [-0.3, -0.25) is 0 Å². The van der Waals surface area contributed by atoms with E-state index < -0.39 is 26.7 Å². The number of hydrogen-bond acceptors (Lipinski definition) is 2. The van der Waals surface area contributed by atoms with Gasteiger partial charge in [0.15, 0.2) is 0 Å². The third-order valence-corrected chi connectivity index (χ3v) is 3.42. The third-order valence-electron chi connectivity index (χ3n) is 1.57. The lowest BCUT2D eigenvalue weighted by Gasteiger charge is -2.12. The first kappa shape index (κ1) is 12.7. The number of sulfonamides is 1. The maximum absolute atomic E-state index is 12.5. The van der Waals surface area contributed by atoms with Crippen LogP contribution in [0.15, 0.2) is 23.1 Å². The van der Waals surface area contributed by atoms with E-state index in [9.17, 15) is 21.6 Å². The van der Waals surface area contributed by atoms with Crippen molar-refractivity contribution in [1.29, 1.82) is 0 Å². The Morgan fingerprint density at radius 2 is 1.80 bits per heavy atom. The van der Waals surface area contributed by atoms with Gasteiger partial charge in [-0.05, 0) is 34.7 Å². The van der Waals surface area contributed by atoms with E-state index in [0.717, 1.165) is 12.1 Å². The molecule has 0 aromatic heterocycles. The fourth-order valence-electron chi connectivity index (χ4n) is 1.02. The molecule has 0 unspecified atom stereocenters. The summed E-state index contributed by atoms with van der Waals surface area (Å²) in [5.41, 5.74) is -1.21. The zero-order valence-corrected chi connectivity index (χ0v) is 10.0. The molecule has 0 saturated carbocycles. The maximum Gasteiger partial charge on any atom is 0.418 e. The fraction of sp³-hybridized carbons (Fsp3) is 0.143. The monoisotopic (exact) mass is 351 g/mol. The Morgan fingerprint density at radius 1 is 1.27 bits per heavy atom. The standard InChI is InChI=1S/C7H5F3INO2S/c8-7(9,10)6-4(11)2-1-3-5(6)15(12,13)14/h1-3H,(H2,12,13,14). The average Bonchev–Trinajstić information content (AvgIpc) is 1.99. The van der Waals surface area contributed by atoms with Gasteiger partial charge in [0.2, 0.25) is 10.0 Å². The number of halogens is 4. The Morgan fingerprint density at radius 3 is 2.13 bits per heavy atom. The minimum absolute atomic E-state index is 0.202. The van der Waals surface area contributed by atoms with Crippen molar-refractivity contribution >= 4 is 32.6 Å². The van der Waals surface area contributed by atoms with E-state index in [1.54, 1.807) is 0 Å². The van der Waals surface area contributed by atoms with E-state index in [1.807, 2.05) is 0 Å². The Balaban J connectivity index is 3.63. The van der Waals surface area contributed by atoms with Crippen LogP contribution in [-0.4, -0.2) is 8.42 Å². The molecule has 0 bridgehead atoms. The van der Waals surface area contributed by atoms with Gasteiger partial charge < -0.3 is 0 Å². The van der Waals surface area contributed by atoms with Gasteiger partial charge in [0.25, 0.3) is 0 Å². The van der Waals surface area contributed by atoms with Gasteiger partial charge in [0.05, 0.1) is 10.5 Å². The van der Waals surface area contributed by atoms with Crippen LogP contribution in [0.5, 0.6) is 0 Å². The van der Waals surface area contributed by atoms with Crippen LogP contribution in [0, 0.1) is 3.57 Å². The molecule has 1 rings (SSSR count). The highest BCUT2D eigenvalue weighted by atomic mass is 127. The molecule has 0 fully saturated rings. The molecule has 15 heavy (non-hydrogen) atoms. The van der Waals surface area contributed by atoms with Gasteiger partial charge in [-0.15, -0.1) is 0 Å². The predicted octanol–water partition coefficient (Wildman–Crippen LogP) is 1.96. The van der Waals surface area contributed by atoms with Crippen molar-refractivity contribution in [3.8, 4) is 0 Å². The molecule has 2 N–H and O–H groups in total. The van der Waals surface area contributed by atoms with E-state index >= 15 is 0 Å². The van der Waals surface area contributed by atoms with Crippen LogP contribution in [0.2, 0.25) is 0 Å².